The van der Waals surface area contributed by atoms with Gasteiger partial charge in [-0.1, -0.05) is 6.42 Å². The van der Waals surface area contributed by atoms with Crippen molar-refractivity contribution in [3.8, 4) is 0 Å². The van der Waals surface area contributed by atoms with Crippen LogP contribution >= 0.6 is 0 Å². The molecule has 4 rings (SSSR count). The number of urea groups is 1. The predicted molar refractivity (Wildman–Crippen MR) is 91.9 cm³/mol. The lowest BCUT2D eigenvalue weighted by atomic mass is 9.94. The average Bonchev–Trinajstić information content (AvgIpc) is 3.31. The van der Waals surface area contributed by atoms with Crippen molar-refractivity contribution in [2.45, 2.75) is 69.3 Å². The highest BCUT2D eigenvalue weighted by atomic mass is 16.7. The molecule has 1 aromatic heterocycles. The quantitative estimate of drug-likeness (QED) is 0.880. The van der Waals surface area contributed by atoms with Crippen molar-refractivity contribution < 1.29 is 14.3 Å². The van der Waals surface area contributed by atoms with Crippen molar-refractivity contribution >= 4 is 6.03 Å². The molecule has 1 spiro atoms. The van der Waals surface area contributed by atoms with E-state index in [2.05, 4.69) is 15.3 Å². The van der Waals surface area contributed by atoms with E-state index in [9.17, 15) is 4.79 Å². The lowest BCUT2D eigenvalue weighted by Crippen LogP contribution is -2.47. The second kappa shape index (κ2) is 7.33. The fourth-order valence-electron chi connectivity index (χ4n) is 4.29. The Hall–Kier alpha value is -1.60. The first-order valence-corrected chi connectivity index (χ1v) is 9.61. The summed E-state index contributed by atoms with van der Waals surface area (Å²) in [7, 11) is 0. The first-order chi connectivity index (χ1) is 12.3. The van der Waals surface area contributed by atoms with Gasteiger partial charge in [-0.2, -0.15) is 0 Å². The SMILES string of the molecule is O=C(NC[C@H]1COC2(CCCCC2)O1)N1CCCC[C@H]1c1ncc[nH]1. The topological polar surface area (TPSA) is 79.5 Å². The Morgan fingerprint density at radius 2 is 2.20 bits per heavy atom. The maximum Gasteiger partial charge on any atom is 0.318 e. The monoisotopic (exact) mass is 348 g/mol. The molecular formula is C18H28N4O3. The molecule has 0 bridgehead atoms. The number of H-pyrrole nitrogens is 1. The largest absolute Gasteiger partial charge is 0.347 e. The standard InChI is InChI=1S/C18H28N4O3/c23-17(22-11-5-2-6-15(22)16-19-9-10-20-16)21-12-14-13-24-18(25-14)7-3-1-4-8-18/h9-10,14-15H,1-8,11-13H2,(H,19,20)(H,21,23)/t14-,15-/m0/s1. The molecule has 3 fully saturated rings. The van der Waals surface area contributed by atoms with Gasteiger partial charge in [-0.05, 0) is 32.1 Å². The molecule has 2 amide bonds. The van der Waals surface area contributed by atoms with E-state index in [1.54, 1.807) is 6.20 Å². The lowest BCUT2D eigenvalue weighted by molar-refractivity contribution is -0.186. The van der Waals surface area contributed by atoms with Gasteiger partial charge in [0.1, 0.15) is 11.9 Å². The van der Waals surface area contributed by atoms with Gasteiger partial charge >= 0.3 is 6.03 Å². The predicted octanol–water partition coefficient (Wildman–Crippen LogP) is 2.72. The Bertz CT molecular complexity index is 571. The first-order valence-electron chi connectivity index (χ1n) is 9.61. The fraction of sp³-hybridized carbons (Fsp3) is 0.778. The van der Waals surface area contributed by atoms with Gasteiger partial charge in [0.25, 0.3) is 0 Å². The Morgan fingerprint density at radius 1 is 1.32 bits per heavy atom. The number of imidazole rings is 1. The molecule has 138 valence electrons. The minimum Gasteiger partial charge on any atom is -0.347 e. The molecule has 7 heteroatoms. The Morgan fingerprint density at radius 3 is 3.00 bits per heavy atom. The summed E-state index contributed by atoms with van der Waals surface area (Å²) in [5.74, 6) is 0.492. The van der Waals surface area contributed by atoms with Gasteiger partial charge in [0.05, 0.1) is 12.6 Å². The Labute approximate surface area is 148 Å². The highest BCUT2D eigenvalue weighted by Gasteiger charge is 2.42. The summed E-state index contributed by atoms with van der Waals surface area (Å²) in [4.78, 5) is 22.1. The number of rotatable bonds is 3. The van der Waals surface area contributed by atoms with E-state index in [1.807, 2.05) is 11.1 Å². The van der Waals surface area contributed by atoms with Crippen LogP contribution < -0.4 is 5.32 Å². The van der Waals surface area contributed by atoms with E-state index in [0.29, 0.717) is 13.2 Å². The van der Waals surface area contributed by atoms with Crippen molar-refractivity contribution in [1.29, 1.82) is 0 Å². The van der Waals surface area contributed by atoms with Gasteiger partial charge in [0, 0.05) is 38.3 Å². The van der Waals surface area contributed by atoms with Gasteiger partial charge in [0.2, 0.25) is 0 Å². The Kier molecular flexibility index (Phi) is 4.94. The molecule has 1 aliphatic carbocycles. The summed E-state index contributed by atoms with van der Waals surface area (Å²) in [6.07, 6.45) is 12.2. The van der Waals surface area contributed by atoms with Gasteiger partial charge < -0.3 is 24.7 Å². The van der Waals surface area contributed by atoms with Crippen LogP contribution in [0.4, 0.5) is 4.79 Å². The molecule has 0 aromatic carbocycles. The number of hydrogen-bond acceptors (Lipinski definition) is 4. The molecule has 2 N–H and O–H groups in total. The second-order valence-corrected chi connectivity index (χ2v) is 7.39. The number of amides is 2. The molecule has 3 heterocycles. The van der Waals surface area contributed by atoms with Crippen molar-refractivity contribution in [1.82, 2.24) is 20.2 Å². The maximum atomic E-state index is 12.7. The van der Waals surface area contributed by atoms with Gasteiger partial charge in [-0.15, -0.1) is 0 Å². The first kappa shape index (κ1) is 16.8. The van der Waals surface area contributed by atoms with Gasteiger partial charge in [0.15, 0.2) is 5.79 Å². The highest BCUT2D eigenvalue weighted by molar-refractivity contribution is 5.74. The van der Waals surface area contributed by atoms with Gasteiger partial charge in [-0.3, -0.25) is 0 Å². The smallest absolute Gasteiger partial charge is 0.318 e. The number of likely N-dealkylation sites (tertiary alicyclic amines) is 1. The minimum absolute atomic E-state index is 0.0331. The molecule has 3 aliphatic rings. The van der Waals surface area contributed by atoms with E-state index < -0.39 is 0 Å². The number of nitrogens with one attached hydrogen (secondary N) is 2. The second-order valence-electron chi connectivity index (χ2n) is 7.39. The average molecular weight is 348 g/mol. The van der Waals surface area contributed by atoms with Crippen LogP contribution in [0.2, 0.25) is 0 Å². The zero-order chi connectivity index (χ0) is 17.1. The fourth-order valence-corrected chi connectivity index (χ4v) is 4.29. The van der Waals surface area contributed by atoms with Crippen molar-refractivity contribution in [3.63, 3.8) is 0 Å². The van der Waals surface area contributed by atoms with E-state index >= 15 is 0 Å². The molecular weight excluding hydrogens is 320 g/mol. The molecule has 1 saturated carbocycles. The number of ether oxygens (including phenoxy) is 2. The van der Waals surface area contributed by atoms with E-state index in [-0.39, 0.29) is 24.0 Å². The molecule has 0 radical (unpaired) electrons. The summed E-state index contributed by atoms with van der Waals surface area (Å²) < 4.78 is 12.1. The molecule has 7 nitrogen and oxygen atoms in total. The summed E-state index contributed by atoms with van der Waals surface area (Å²) in [6.45, 7) is 1.84. The van der Waals surface area contributed by atoms with Crippen LogP contribution in [0.25, 0.3) is 0 Å². The number of piperidine rings is 1. The molecule has 1 aromatic rings. The summed E-state index contributed by atoms with van der Waals surface area (Å²) in [6, 6.07) is 0.00322. The van der Waals surface area contributed by atoms with Crippen LogP contribution in [0.5, 0.6) is 0 Å². The third-order valence-corrected chi connectivity index (χ3v) is 5.61. The van der Waals surface area contributed by atoms with Crippen LogP contribution in [-0.2, 0) is 9.47 Å². The van der Waals surface area contributed by atoms with Crippen LogP contribution in [0, 0.1) is 0 Å². The summed E-state index contributed by atoms with van der Waals surface area (Å²) >= 11 is 0. The molecule has 2 saturated heterocycles. The molecule has 25 heavy (non-hydrogen) atoms. The number of hydrogen-bond donors (Lipinski definition) is 2. The van der Waals surface area contributed by atoms with E-state index in [4.69, 9.17) is 9.47 Å². The minimum atomic E-state index is -0.379. The third-order valence-electron chi connectivity index (χ3n) is 5.61. The maximum absolute atomic E-state index is 12.7. The normalized spacial score (nSPS) is 29.0. The summed E-state index contributed by atoms with van der Waals surface area (Å²) in [5, 5.41) is 3.05. The zero-order valence-corrected chi connectivity index (χ0v) is 14.7. The number of carbonyl (C=O) groups excluding carboxylic acids is 1. The third kappa shape index (κ3) is 3.67. The van der Waals surface area contributed by atoms with Crippen LogP contribution in [-0.4, -0.2) is 52.5 Å². The van der Waals surface area contributed by atoms with Crippen LogP contribution in [0.1, 0.15) is 63.2 Å². The van der Waals surface area contributed by atoms with Crippen LogP contribution in [0.3, 0.4) is 0 Å². The lowest BCUT2D eigenvalue weighted by Gasteiger charge is -2.35. The van der Waals surface area contributed by atoms with Crippen LogP contribution in [0.15, 0.2) is 12.4 Å². The summed E-state index contributed by atoms with van der Waals surface area (Å²) in [5.41, 5.74) is 0. The molecule has 2 atom stereocenters. The Balaban J connectivity index is 1.31. The van der Waals surface area contributed by atoms with Crippen molar-refractivity contribution in [2.24, 2.45) is 0 Å². The van der Waals surface area contributed by atoms with E-state index in [0.717, 1.165) is 57.3 Å². The number of aromatic nitrogens is 2. The number of carbonyl (C=O) groups is 1. The van der Waals surface area contributed by atoms with E-state index in [1.165, 1.54) is 6.42 Å². The van der Waals surface area contributed by atoms with Crippen molar-refractivity contribution in [3.05, 3.63) is 18.2 Å². The zero-order valence-electron chi connectivity index (χ0n) is 14.7. The highest BCUT2D eigenvalue weighted by Crippen LogP contribution is 2.37. The van der Waals surface area contributed by atoms with Gasteiger partial charge in [-0.25, -0.2) is 9.78 Å². The van der Waals surface area contributed by atoms with Crippen molar-refractivity contribution in [2.75, 3.05) is 19.7 Å². The number of aromatic amines is 1. The number of nitrogens with zero attached hydrogens (tertiary/aromatic N) is 2. The molecule has 2 aliphatic heterocycles. The molecule has 0 unspecified atom stereocenters.